The van der Waals surface area contributed by atoms with Crippen LogP contribution in [0.5, 0.6) is 0 Å². The van der Waals surface area contributed by atoms with Gasteiger partial charge in [0.15, 0.2) is 0 Å². The smallest absolute Gasteiger partial charge is 0.229 e. The number of carbonyl (C=O) groups excluding carboxylic acids is 1. The maximum absolute atomic E-state index is 11.0. The number of thiol groups is 1. The van der Waals surface area contributed by atoms with Crippen LogP contribution in [0.2, 0.25) is 5.02 Å². The first-order valence-corrected chi connectivity index (χ1v) is 9.12. The van der Waals surface area contributed by atoms with Gasteiger partial charge in [-0.05, 0) is 49.4 Å². The molecule has 1 heterocycles. The molecule has 0 aromatic heterocycles. The Hall–Kier alpha value is -0.870. The number of halogens is 1. The summed E-state index contributed by atoms with van der Waals surface area (Å²) in [5.74, 6) is 0.300. The van der Waals surface area contributed by atoms with E-state index in [1.54, 1.807) is 0 Å². The van der Waals surface area contributed by atoms with Crippen LogP contribution >= 0.6 is 24.2 Å². The predicted octanol–water partition coefficient (Wildman–Crippen LogP) is 4.06. The van der Waals surface area contributed by atoms with Gasteiger partial charge in [-0.15, -0.1) is 0 Å². The number of hydrogen-bond acceptors (Lipinski definition) is 3. The molecule has 1 atom stereocenters. The van der Waals surface area contributed by atoms with Gasteiger partial charge in [-0.2, -0.15) is 12.6 Å². The van der Waals surface area contributed by atoms with Crippen LogP contribution in [0.25, 0.3) is 0 Å². The van der Waals surface area contributed by atoms with Gasteiger partial charge in [0.2, 0.25) is 5.91 Å². The maximum Gasteiger partial charge on any atom is 0.229 e. The van der Waals surface area contributed by atoms with E-state index in [1.165, 1.54) is 43.4 Å². The van der Waals surface area contributed by atoms with Crippen LogP contribution in [0.3, 0.4) is 0 Å². The van der Waals surface area contributed by atoms with Crippen molar-refractivity contribution in [3.8, 4) is 0 Å². The molecule has 0 bridgehead atoms. The molecule has 0 saturated carbocycles. The van der Waals surface area contributed by atoms with Gasteiger partial charge < -0.3 is 10.6 Å². The van der Waals surface area contributed by atoms with E-state index < -0.39 is 0 Å². The summed E-state index contributed by atoms with van der Waals surface area (Å²) in [4.78, 5) is 11.0. The fourth-order valence-electron chi connectivity index (χ4n) is 2.90. The molecule has 1 aliphatic rings. The minimum absolute atomic E-state index is 0.0218. The van der Waals surface area contributed by atoms with Gasteiger partial charge in [0.05, 0.1) is 5.75 Å². The first kappa shape index (κ1) is 17.5. The second kappa shape index (κ2) is 9.31. The van der Waals surface area contributed by atoms with Gasteiger partial charge in [-0.25, -0.2) is 0 Å². The number of hydrogen-bond donors (Lipinski definition) is 3. The Morgan fingerprint density at radius 1 is 1.32 bits per heavy atom. The lowest BCUT2D eigenvalue weighted by atomic mass is 9.94. The Kier molecular flexibility index (Phi) is 7.40. The van der Waals surface area contributed by atoms with Crippen molar-refractivity contribution in [1.29, 1.82) is 0 Å². The van der Waals surface area contributed by atoms with E-state index >= 15 is 0 Å². The van der Waals surface area contributed by atoms with E-state index in [4.69, 9.17) is 11.6 Å². The van der Waals surface area contributed by atoms with Crippen LogP contribution in [-0.2, 0) is 11.2 Å². The highest BCUT2D eigenvalue weighted by Gasteiger charge is 2.17. The van der Waals surface area contributed by atoms with Crippen molar-refractivity contribution in [3.63, 3.8) is 0 Å². The lowest BCUT2D eigenvalue weighted by Crippen LogP contribution is -2.25. The third-order valence-corrected chi connectivity index (χ3v) is 4.66. The molecule has 1 aromatic rings. The zero-order chi connectivity index (χ0) is 15.8. The largest absolute Gasteiger partial charge is 0.382 e. The SMILES string of the molecule is O=C(CS)NCCCCCCC1CCc2cc(Cl)ccc2N1. The average Bonchev–Trinajstić information content (AvgIpc) is 2.53. The van der Waals surface area contributed by atoms with Crippen LogP contribution < -0.4 is 10.6 Å². The monoisotopic (exact) mass is 340 g/mol. The van der Waals surface area contributed by atoms with Crippen molar-refractivity contribution in [2.45, 2.75) is 51.0 Å². The van der Waals surface area contributed by atoms with Gasteiger partial charge in [0.1, 0.15) is 0 Å². The molecular weight excluding hydrogens is 316 g/mol. The summed E-state index contributed by atoms with van der Waals surface area (Å²) in [5.41, 5.74) is 2.58. The zero-order valence-corrected chi connectivity index (χ0v) is 14.6. The summed E-state index contributed by atoms with van der Waals surface area (Å²) in [7, 11) is 0. The van der Waals surface area contributed by atoms with Gasteiger partial charge in [-0.3, -0.25) is 4.79 Å². The quantitative estimate of drug-likeness (QED) is 0.493. The molecule has 3 nitrogen and oxygen atoms in total. The zero-order valence-electron chi connectivity index (χ0n) is 12.9. The number of amides is 1. The van der Waals surface area contributed by atoms with Crippen molar-refractivity contribution in [1.82, 2.24) is 5.32 Å². The minimum Gasteiger partial charge on any atom is -0.382 e. The van der Waals surface area contributed by atoms with Gasteiger partial charge in [0.25, 0.3) is 0 Å². The normalized spacial score (nSPS) is 16.7. The van der Waals surface area contributed by atoms with Crippen LogP contribution in [0.4, 0.5) is 5.69 Å². The third-order valence-electron chi connectivity index (χ3n) is 4.13. The van der Waals surface area contributed by atoms with Crippen molar-refractivity contribution in [2.75, 3.05) is 17.6 Å². The molecule has 0 spiro atoms. The van der Waals surface area contributed by atoms with E-state index in [1.807, 2.05) is 6.07 Å². The van der Waals surface area contributed by atoms with Gasteiger partial charge >= 0.3 is 0 Å². The predicted molar refractivity (Wildman–Crippen MR) is 97.1 cm³/mol. The van der Waals surface area contributed by atoms with Crippen LogP contribution in [0.15, 0.2) is 18.2 Å². The maximum atomic E-state index is 11.0. The fourth-order valence-corrected chi connectivity index (χ4v) is 3.21. The van der Waals surface area contributed by atoms with E-state index in [9.17, 15) is 4.79 Å². The molecule has 1 aromatic carbocycles. The molecule has 22 heavy (non-hydrogen) atoms. The number of fused-ring (bicyclic) bond motifs is 1. The summed E-state index contributed by atoms with van der Waals surface area (Å²) < 4.78 is 0. The molecule has 1 amide bonds. The molecular formula is C17H25ClN2OS. The number of carbonyl (C=O) groups is 1. The molecule has 2 rings (SSSR count). The molecule has 0 fully saturated rings. The minimum atomic E-state index is 0.0218. The number of nitrogens with one attached hydrogen (secondary N) is 2. The van der Waals surface area contributed by atoms with Crippen molar-refractivity contribution in [2.24, 2.45) is 0 Å². The van der Waals surface area contributed by atoms with Crippen molar-refractivity contribution < 1.29 is 4.79 Å². The summed E-state index contributed by atoms with van der Waals surface area (Å²) in [6.07, 6.45) is 8.20. The Balaban J connectivity index is 1.57. The lowest BCUT2D eigenvalue weighted by molar-refractivity contribution is -0.118. The highest BCUT2D eigenvalue weighted by atomic mass is 35.5. The van der Waals surface area contributed by atoms with Crippen molar-refractivity contribution in [3.05, 3.63) is 28.8 Å². The first-order valence-electron chi connectivity index (χ1n) is 8.11. The number of unbranched alkanes of at least 4 members (excludes halogenated alkanes) is 3. The van der Waals surface area contributed by atoms with E-state index in [0.29, 0.717) is 6.04 Å². The summed E-state index contributed by atoms with van der Waals surface area (Å²) in [5, 5.41) is 7.30. The van der Waals surface area contributed by atoms with E-state index in [0.717, 1.165) is 24.4 Å². The third kappa shape index (κ3) is 5.73. The topological polar surface area (TPSA) is 41.1 Å². The summed E-state index contributed by atoms with van der Waals surface area (Å²) >= 11 is 9.96. The van der Waals surface area contributed by atoms with Crippen LogP contribution in [-0.4, -0.2) is 24.2 Å². The molecule has 1 unspecified atom stereocenters. The lowest BCUT2D eigenvalue weighted by Gasteiger charge is -2.27. The molecule has 5 heteroatoms. The van der Waals surface area contributed by atoms with Gasteiger partial charge in [-0.1, -0.05) is 30.9 Å². The van der Waals surface area contributed by atoms with Crippen LogP contribution in [0.1, 0.15) is 44.1 Å². The van der Waals surface area contributed by atoms with Crippen molar-refractivity contribution >= 4 is 35.8 Å². The Morgan fingerprint density at radius 3 is 2.95 bits per heavy atom. The summed E-state index contributed by atoms with van der Waals surface area (Å²) in [6.45, 7) is 0.773. The number of aryl methyl sites for hydroxylation is 1. The molecule has 0 saturated heterocycles. The highest BCUT2D eigenvalue weighted by Crippen LogP contribution is 2.29. The highest BCUT2D eigenvalue weighted by molar-refractivity contribution is 7.81. The number of benzene rings is 1. The van der Waals surface area contributed by atoms with E-state index in [2.05, 4.69) is 35.4 Å². The van der Waals surface area contributed by atoms with Crippen LogP contribution in [0, 0.1) is 0 Å². The second-order valence-corrected chi connectivity index (χ2v) is 6.65. The molecule has 0 radical (unpaired) electrons. The number of rotatable bonds is 8. The fraction of sp³-hybridized carbons (Fsp3) is 0.588. The number of anilines is 1. The average molecular weight is 341 g/mol. The molecule has 122 valence electrons. The second-order valence-electron chi connectivity index (χ2n) is 5.89. The molecule has 1 aliphatic heterocycles. The summed E-state index contributed by atoms with van der Waals surface area (Å²) in [6, 6.07) is 6.69. The Labute approximate surface area is 143 Å². The Morgan fingerprint density at radius 2 is 2.14 bits per heavy atom. The standard InChI is InChI=1S/C17H25ClN2OS/c18-14-7-9-16-13(11-14)6-8-15(20-16)5-3-1-2-4-10-19-17(21)12-22/h7,9,11,15,20,22H,1-6,8,10,12H2,(H,19,21). The Bertz CT molecular complexity index is 496. The molecule has 2 N–H and O–H groups in total. The first-order chi connectivity index (χ1) is 10.7. The van der Waals surface area contributed by atoms with Gasteiger partial charge in [0, 0.05) is 23.3 Å². The molecule has 0 aliphatic carbocycles. The van der Waals surface area contributed by atoms with E-state index in [-0.39, 0.29) is 11.7 Å².